The first-order chi connectivity index (χ1) is 8.54. The average Bonchev–Trinajstić information content (AvgIpc) is 2.36. The molecule has 1 unspecified atom stereocenters. The quantitative estimate of drug-likeness (QED) is 0.770. The highest BCUT2D eigenvalue weighted by Crippen LogP contribution is 2.10. The van der Waals surface area contributed by atoms with E-state index in [2.05, 4.69) is 4.90 Å². The molecule has 1 rings (SSSR count). The monoisotopic (exact) mass is 251 g/mol. The predicted octanol–water partition coefficient (Wildman–Crippen LogP) is 1.49. The number of nitrogens with zero attached hydrogens (tertiary/aromatic N) is 1. The van der Waals surface area contributed by atoms with Crippen molar-refractivity contribution in [3.8, 4) is 0 Å². The Hall–Kier alpha value is -1.39. The van der Waals surface area contributed by atoms with Gasteiger partial charge in [-0.3, -0.25) is 0 Å². The van der Waals surface area contributed by atoms with Crippen molar-refractivity contribution >= 4 is 5.97 Å². The Morgan fingerprint density at radius 1 is 1.39 bits per heavy atom. The predicted molar refractivity (Wildman–Crippen MR) is 70.9 cm³/mol. The molecule has 0 aromatic heterocycles. The van der Waals surface area contributed by atoms with E-state index >= 15 is 0 Å². The third kappa shape index (κ3) is 4.47. The second kappa shape index (κ2) is 7.13. The summed E-state index contributed by atoms with van der Waals surface area (Å²) >= 11 is 0. The molecule has 0 saturated carbocycles. The number of aliphatic hydroxyl groups excluding tert-OH is 1. The van der Waals surface area contributed by atoms with E-state index in [9.17, 15) is 4.79 Å². The molecular formula is C14H21NO3. The van der Waals surface area contributed by atoms with Gasteiger partial charge in [0.1, 0.15) is 0 Å². The summed E-state index contributed by atoms with van der Waals surface area (Å²) in [5.41, 5.74) is 1.23. The second-order valence-electron chi connectivity index (χ2n) is 4.76. The van der Waals surface area contributed by atoms with E-state index in [0.29, 0.717) is 12.0 Å². The number of hydrogen-bond donors (Lipinski definition) is 2. The first-order valence-corrected chi connectivity index (χ1v) is 6.15. The van der Waals surface area contributed by atoms with Gasteiger partial charge in [-0.05, 0) is 31.0 Å². The van der Waals surface area contributed by atoms with E-state index in [4.69, 9.17) is 10.2 Å². The van der Waals surface area contributed by atoms with Crippen LogP contribution in [0.25, 0.3) is 0 Å². The molecule has 0 aliphatic heterocycles. The van der Waals surface area contributed by atoms with Crippen LogP contribution in [0.15, 0.2) is 24.3 Å². The van der Waals surface area contributed by atoms with Crippen molar-refractivity contribution in [2.75, 3.05) is 26.7 Å². The molecule has 100 valence electrons. The lowest BCUT2D eigenvalue weighted by molar-refractivity contribution is 0.0695. The molecule has 0 radical (unpaired) electrons. The zero-order valence-corrected chi connectivity index (χ0v) is 11.0. The Labute approximate surface area is 108 Å². The molecule has 1 aromatic carbocycles. The summed E-state index contributed by atoms with van der Waals surface area (Å²) in [6.07, 6.45) is 0.705. The van der Waals surface area contributed by atoms with E-state index < -0.39 is 5.97 Å². The maximum Gasteiger partial charge on any atom is 0.335 e. The van der Waals surface area contributed by atoms with Gasteiger partial charge < -0.3 is 15.1 Å². The molecule has 0 aliphatic rings. The average molecular weight is 251 g/mol. The van der Waals surface area contributed by atoms with Crippen LogP contribution in [0.2, 0.25) is 0 Å². The summed E-state index contributed by atoms with van der Waals surface area (Å²) in [6, 6.07) is 7.09. The van der Waals surface area contributed by atoms with Gasteiger partial charge in [0.2, 0.25) is 0 Å². The Kier molecular flexibility index (Phi) is 5.82. The number of likely N-dealkylation sites (N-methyl/N-ethyl adjacent to an activating group) is 1. The highest BCUT2D eigenvalue weighted by molar-refractivity contribution is 5.89. The number of carboxylic acid groups (broad SMARTS) is 1. The fourth-order valence-electron chi connectivity index (χ4n) is 1.94. The molecule has 0 amide bonds. The minimum absolute atomic E-state index is 0.177. The zero-order chi connectivity index (χ0) is 13.5. The number of rotatable bonds is 7. The molecule has 0 heterocycles. The zero-order valence-electron chi connectivity index (χ0n) is 11.0. The molecule has 1 atom stereocenters. The molecule has 0 fully saturated rings. The first-order valence-electron chi connectivity index (χ1n) is 6.15. The van der Waals surface area contributed by atoms with Crippen molar-refractivity contribution in [3.05, 3.63) is 35.4 Å². The van der Waals surface area contributed by atoms with Crippen LogP contribution < -0.4 is 0 Å². The second-order valence-corrected chi connectivity index (χ2v) is 4.76. The number of hydrogen-bond acceptors (Lipinski definition) is 3. The summed E-state index contributed by atoms with van der Waals surface area (Å²) in [5, 5.41) is 18.0. The molecule has 0 spiro atoms. The maximum absolute atomic E-state index is 11.0. The summed E-state index contributed by atoms with van der Waals surface area (Å²) in [7, 11) is 1.98. The number of aromatic carboxylic acids is 1. The summed E-state index contributed by atoms with van der Waals surface area (Å²) < 4.78 is 0. The van der Waals surface area contributed by atoms with Crippen LogP contribution in [0.1, 0.15) is 22.8 Å². The van der Waals surface area contributed by atoms with Crippen LogP contribution in [0, 0.1) is 5.92 Å². The fraction of sp³-hybridized carbons (Fsp3) is 0.500. The lowest BCUT2D eigenvalue weighted by Gasteiger charge is -2.20. The first kappa shape index (κ1) is 14.7. The highest BCUT2D eigenvalue weighted by atomic mass is 16.4. The van der Waals surface area contributed by atoms with Crippen LogP contribution in [0.3, 0.4) is 0 Å². The van der Waals surface area contributed by atoms with E-state index in [0.717, 1.165) is 18.7 Å². The van der Waals surface area contributed by atoms with Crippen molar-refractivity contribution < 1.29 is 15.0 Å². The molecule has 18 heavy (non-hydrogen) atoms. The highest BCUT2D eigenvalue weighted by Gasteiger charge is 2.10. The number of carboxylic acids is 1. The van der Waals surface area contributed by atoms with Crippen LogP contribution in [-0.2, 0) is 6.42 Å². The van der Waals surface area contributed by atoms with Gasteiger partial charge in [0.15, 0.2) is 0 Å². The van der Waals surface area contributed by atoms with Crippen LogP contribution in [0.4, 0.5) is 0 Å². The van der Waals surface area contributed by atoms with Gasteiger partial charge in [0.25, 0.3) is 0 Å². The molecule has 2 N–H and O–H groups in total. The van der Waals surface area contributed by atoms with Gasteiger partial charge in [-0.2, -0.15) is 0 Å². The molecule has 0 bridgehead atoms. The van der Waals surface area contributed by atoms with Crippen LogP contribution in [-0.4, -0.2) is 47.8 Å². The van der Waals surface area contributed by atoms with Crippen molar-refractivity contribution in [1.29, 1.82) is 0 Å². The SMILES string of the molecule is CC(CO)CN(C)CCc1ccccc1C(=O)O. The van der Waals surface area contributed by atoms with E-state index in [1.54, 1.807) is 12.1 Å². The number of benzene rings is 1. The third-order valence-corrected chi connectivity index (χ3v) is 2.95. The third-order valence-electron chi connectivity index (χ3n) is 2.95. The molecule has 1 aromatic rings. The minimum Gasteiger partial charge on any atom is -0.478 e. The molecule has 0 saturated heterocycles. The van der Waals surface area contributed by atoms with E-state index in [1.807, 2.05) is 26.1 Å². The molecule has 0 aliphatic carbocycles. The molecular weight excluding hydrogens is 230 g/mol. The van der Waals surface area contributed by atoms with Gasteiger partial charge in [-0.25, -0.2) is 4.79 Å². The summed E-state index contributed by atoms with van der Waals surface area (Å²) in [4.78, 5) is 13.2. The summed E-state index contributed by atoms with van der Waals surface area (Å²) in [6.45, 7) is 3.76. The van der Waals surface area contributed by atoms with E-state index in [1.165, 1.54) is 0 Å². The largest absolute Gasteiger partial charge is 0.478 e. The summed E-state index contributed by atoms with van der Waals surface area (Å²) in [5.74, 6) is -0.637. The van der Waals surface area contributed by atoms with Crippen LogP contribution in [0.5, 0.6) is 0 Å². The van der Waals surface area contributed by atoms with Crippen molar-refractivity contribution in [1.82, 2.24) is 4.90 Å². The van der Waals surface area contributed by atoms with Gasteiger partial charge in [0, 0.05) is 19.7 Å². The molecule has 4 heteroatoms. The maximum atomic E-state index is 11.0. The van der Waals surface area contributed by atoms with Gasteiger partial charge in [-0.15, -0.1) is 0 Å². The smallest absolute Gasteiger partial charge is 0.335 e. The fourth-order valence-corrected chi connectivity index (χ4v) is 1.94. The topological polar surface area (TPSA) is 60.8 Å². The standard InChI is InChI=1S/C14H21NO3/c1-11(10-16)9-15(2)8-7-12-5-3-4-6-13(12)14(17)18/h3-6,11,16H,7-10H2,1-2H3,(H,17,18). The Morgan fingerprint density at radius 3 is 2.67 bits per heavy atom. The lowest BCUT2D eigenvalue weighted by Crippen LogP contribution is -2.28. The molecule has 4 nitrogen and oxygen atoms in total. The number of aliphatic hydroxyl groups is 1. The Bertz CT molecular complexity index is 392. The van der Waals surface area contributed by atoms with Crippen molar-refractivity contribution in [2.45, 2.75) is 13.3 Å². The Morgan fingerprint density at radius 2 is 2.06 bits per heavy atom. The van der Waals surface area contributed by atoms with Gasteiger partial charge in [0.05, 0.1) is 5.56 Å². The normalized spacial score (nSPS) is 12.7. The Balaban J connectivity index is 2.55. The number of carbonyl (C=O) groups is 1. The van der Waals surface area contributed by atoms with Crippen molar-refractivity contribution in [2.24, 2.45) is 5.92 Å². The minimum atomic E-state index is -0.878. The van der Waals surface area contributed by atoms with Crippen molar-refractivity contribution in [3.63, 3.8) is 0 Å². The van der Waals surface area contributed by atoms with Gasteiger partial charge >= 0.3 is 5.97 Å². The van der Waals surface area contributed by atoms with E-state index in [-0.39, 0.29) is 12.5 Å². The van der Waals surface area contributed by atoms with Crippen LogP contribution >= 0.6 is 0 Å². The van der Waals surface area contributed by atoms with Gasteiger partial charge in [-0.1, -0.05) is 25.1 Å². The lowest BCUT2D eigenvalue weighted by atomic mass is 10.0.